The van der Waals surface area contributed by atoms with Crippen LogP contribution in [0.5, 0.6) is 0 Å². The summed E-state index contributed by atoms with van der Waals surface area (Å²) < 4.78 is 0. The number of halogens is 1. The smallest absolute Gasteiger partial charge is 0.140 e. The second-order valence-corrected chi connectivity index (χ2v) is 9.84. The van der Waals surface area contributed by atoms with Gasteiger partial charge < -0.3 is 20.1 Å². The van der Waals surface area contributed by atoms with E-state index in [9.17, 15) is 0 Å². The van der Waals surface area contributed by atoms with Gasteiger partial charge in [0.05, 0.1) is 5.69 Å². The van der Waals surface area contributed by atoms with Gasteiger partial charge in [-0.3, -0.25) is 0 Å². The molecule has 0 unspecified atom stereocenters. The zero-order valence-corrected chi connectivity index (χ0v) is 21.1. The molecule has 2 heterocycles. The van der Waals surface area contributed by atoms with Gasteiger partial charge in [0, 0.05) is 60.4 Å². The van der Waals surface area contributed by atoms with Crippen LogP contribution in [0, 0.1) is 6.92 Å². The fourth-order valence-corrected chi connectivity index (χ4v) is 5.50. The molecule has 7 heteroatoms. The lowest BCUT2D eigenvalue weighted by Crippen LogP contribution is -2.42. The lowest BCUT2D eigenvalue weighted by Gasteiger charge is -2.40. The van der Waals surface area contributed by atoms with Crippen LogP contribution in [-0.2, 0) is 13.0 Å². The van der Waals surface area contributed by atoms with E-state index in [4.69, 9.17) is 11.6 Å². The molecule has 178 valence electrons. The molecule has 4 rings (SSSR count). The van der Waals surface area contributed by atoms with E-state index in [0.29, 0.717) is 12.1 Å². The number of benzene rings is 1. The highest BCUT2D eigenvalue weighted by molar-refractivity contribution is 6.31. The van der Waals surface area contributed by atoms with Crippen molar-refractivity contribution in [1.29, 1.82) is 0 Å². The van der Waals surface area contributed by atoms with Crippen LogP contribution in [0.3, 0.4) is 0 Å². The summed E-state index contributed by atoms with van der Waals surface area (Å²) in [6.45, 7) is 7.16. The summed E-state index contributed by atoms with van der Waals surface area (Å²) in [7, 11) is 4.41. The van der Waals surface area contributed by atoms with Gasteiger partial charge >= 0.3 is 0 Å². The topological polar surface area (TPSA) is 60.1 Å². The number of hydrogen-bond donors (Lipinski definition) is 2. The Bertz CT molecular complexity index is 1050. The van der Waals surface area contributed by atoms with Crippen LogP contribution in [0.1, 0.15) is 49.4 Å². The minimum atomic E-state index is 0.589. The first-order valence-corrected chi connectivity index (χ1v) is 12.6. The molecule has 2 aromatic heterocycles. The highest BCUT2D eigenvalue weighted by Crippen LogP contribution is 2.34. The maximum absolute atomic E-state index is 6.61. The molecule has 0 amide bonds. The number of H-pyrrole nitrogens is 1. The third-order valence-electron chi connectivity index (χ3n) is 7.23. The van der Waals surface area contributed by atoms with Crippen molar-refractivity contribution in [2.45, 2.75) is 64.6 Å². The molecular formula is C26H37ClN6. The Morgan fingerprint density at radius 3 is 2.61 bits per heavy atom. The van der Waals surface area contributed by atoms with Crippen molar-refractivity contribution in [3.05, 3.63) is 52.6 Å². The Morgan fingerprint density at radius 1 is 1.12 bits per heavy atom. The molecule has 0 radical (unpaired) electrons. The summed E-state index contributed by atoms with van der Waals surface area (Å²) in [6.07, 6.45) is 9.41. The third-order valence-corrected chi connectivity index (χ3v) is 7.45. The minimum absolute atomic E-state index is 0.589. The van der Waals surface area contributed by atoms with Gasteiger partial charge in [0.15, 0.2) is 0 Å². The van der Waals surface area contributed by atoms with Gasteiger partial charge in [-0.1, -0.05) is 11.6 Å². The van der Waals surface area contributed by atoms with Crippen LogP contribution < -0.4 is 10.2 Å². The zero-order valence-electron chi connectivity index (χ0n) is 20.4. The molecule has 1 aromatic carbocycles. The third kappa shape index (κ3) is 5.51. The van der Waals surface area contributed by atoms with Crippen molar-refractivity contribution in [3.63, 3.8) is 0 Å². The number of anilines is 1. The summed E-state index contributed by atoms with van der Waals surface area (Å²) >= 11 is 6.61. The Kier molecular flexibility index (Phi) is 7.89. The normalized spacial score (nSPS) is 18.8. The van der Waals surface area contributed by atoms with E-state index in [0.717, 1.165) is 47.8 Å². The van der Waals surface area contributed by atoms with Crippen molar-refractivity contribution in [2.75, 3.05) is 32.1 Å². The van der Waals surface area contributed by atoms with Crippen molar-refractivity contribution in [1.82, 2.24) is 25.2 Å². The molecule has 33 heavy (non-hydrogen) atoms. The van der Waals surface area contributed by atoms with E-state index in [1.54, 1.807) is 6.33 Å². The second-order valence-electron chi connectivity index (χ2n) is 9.41. The van der Waals surface area contributed by atoms with Gasteiger partial charge in [-0.25, -0.2) is 9.97 Å². The molecule has 0 bridgehead atoms. The van der Waals surface area contributed by atoms with Crippen LogP contribution >= 0.6 is 11.6 Å². The fraction of sp³-hybridized carbons (Fsp3) is 0.538. The van der Waals surface area contributed by atoms with Crippen molar-refractivity contribution >= 4 is 28.3 Å². The Labute approximate surface area is 202 Å². The van der Waals surface area contributed by atoms with Crippen molar-refractivity contribution in [3.8, 4) is 0 Å². The number of hydrogen-bond acceptors (Lipinski definition) is 5. The van der Waals surface area contributed by atoms with Crippen LogP contribution in [0.2, 0.25) is 5.02 Å². The highest BCUT2D eigenvalue weighted by atomic mass is 35.5. The molecule has 0 saturated heterocycles. The average Bonchev–Trinajstić information content (AvgIpc) is 3.30. The standard InChI is InChI=1S/C26H37ClN6/c1-5-33(22-8-6-21(7-9-22)32(3)4)25-15-20(27)14-19(18(25)2)16-28-12-11-24-23-10-13-29-26(23)31-17-30-24/h10,13-15,17,21-22,28H,5-9,11-12,16H2,1-4H3,(H,29,30,31). The molecule has 0 aliphatic heterocycles. The number of nitrogens with zero attached hydrogens (tertiary/aromatic N) is 4. The first-order valence-electron chi connectivity index (χ1n) is 12.2. The number of rotatable bonds is 9. The van der Waals surface area contributed by atoms with E-state index in [1.165, 1.54) is 42.5 Å². The maximum Gasteiger partial charge on any atom is 0.140 e. The number of nitrogens with one attached hydrogen (secondary N) is 2. The summed E-state index contributed by atoms with van der Waals surface area (Å²) in [5.74, 6) is 0. The van der Waals surface area contributed by atoms with Crippen LogP contribution in [0.15, 0.2) is 30.7 Å². The minimum Gasteiger partial charge on any atom is -0.369 e. The predicted molar refractivity (Wildman–Crippen MR) is 138 cm³/mol. The predicted octanol–water partition coefficient (Wildman–Crippen LogP) is 4.95. The Morgan fingerprint density at radius 2 is 1.88 bits per heavy atom. The number of fused-ring (bicyclic) bond motifs is 1. The van der Waals surface area contributed by atoms with Gasteiger partial charge in [0.25, 0.3) is 0 Å². The molecule has 6 nitrogen and oxygen atoms in total. The van der Waals surface area contributed by atoms with Gasteiger partial charge in [-0.05, 0) is 83.0 Å². The van der Waals surface area contributed by atoms with Crippen molar-refractivity contribution in [2.24, 2.45) is 0 Å². The van der Waals surface area contributed by atoms with Gasteiger partial charge in [-0.15, -0.1) is 0 Å². The molecule has 3 aromatic rings. The molecule has 1 aliphatic carbocycles. The summed E-state index contributed by atoms with van der Waals surface area (Å²) in [5.41, 5.74) is 5.86. The highest BCUT2D eigenvalue weighted by Gasteiger charge is 2.27. The Balaban J connectivity index is 1.41. The lowest BCUT2D eigenvalue weighted by atomic mass is 9.89. The van der Waals surface area contributed by atoms with Crippen LogP contribution in [-0.4, -0.2) is 59.1 Å². The molecule has 0 spiro atoms. The van der Waals surface area contributed by atoms with Gasteiger partial charge in [-0.2, -0.15) is 0 Å². The molecule has 1 fully saturated rings. The monoisotopic (exact) mass is 468 g/mol. The summed E-state index contributed by atoms with van der Waals surface area (Å²) in [5, 5.41) is 5.52. The van der Waals surface area contributed by atoms with E-state index in [1.807, 2.05) is 12.3 Å². The zero-order chi connectivity index (χ0) is 23.4. The van der Waals surface area contributed by atoms with Crippen molar-refractivity contribution < 1.29 is 0 Å². The second kappa shape index (κ2) is 10.9. The van der Waals surface area contributed by atoms with Crippen LogP contribution in [0.25, 0.3) is 11.0 Å². The maximum atomic E-state index is 6.61. The first-order chi connectivity index (χ1) is 16.0. The summed E-state index contributed by atoms with van der Waals surface area (Å²) in [4.78, 5) is 16.9. The van der Waals surface area contributed by atoms with Gasteiger partial charge in [0.2, 0.25) is 0 Å². The van der Waals surface area contributed by atoms with Gasteiger partial charge in [0.1, 0.15) is 12.0 Å². The lowest BCUT2D eigenvalue weighted by molar-refractivity contribution is 0.214. The van der Waals surface area contributed by atoms with E-state index in [2.05, 4.69) is 70.1 Å². The molecule has 0 atom stereocenters. The average molecular weight is 469 g/mol. The Hall–Kier alpha value is -2.15. The van der Waals surface area contributed by atoms with E-state index >= 15 is 0 Å². The molecule has 1 saturated carbocycles. The fourth-order valence-electron chi connectivity index (χ4n) is 5.27. The molecule has 2 N–H and O–H groups in total. The number of aromatic nitrogens is 3. The first kappa shape index (κ1) is 24.0. The van der Waals surface area contributed by atoms with E-state index in [-0.39, 0.29) is 0 Å². The molecular weight excluding hydrogens is 432 g/mol. The summed E-state index contributed by atoms with van der Waals surface area (Å²) in [6, 6.07) is 7.61. The molecule has 1 aliphatic rings. The quantitative estimate of drug-likeness (QED) is 0.435. The largest absolute Gasteiger partial charge is 0.369 e. The number of aromatic amines is 1. The van der Waals surface area contributed by atoms with Crippen LogP contribution in [0.4, 0.5) is 5.69 Å². The van der Waals surface area contributed by atoms with E-state index < -0.39 is 0 Å². The SMILES string of the molecule is CCN(c1cc(Cl)cc(CNCCc2ncnc3[nH]ccc23)c1C)C1CCC(N(C)C)CC1.